The van der Waals surface area contributed by atoms with Gasteiger partial charge in [0.25, 0.3) is 6.01 Å². The maximum Gasteiger partial charge on any atom is 0.357 e. The summed E-state index contributed by atoms with van der Waals surface area (Å²) in [6.07, 6.45) is 2.73. The lowest BCUT2D eigenvalue weighted by Crippen LogP contribution is -2.34. The average molecular weight is 269 g/mol. The molecule has 2 aromatic rings. The lowest BCUT2D eigenvalue weighted by molar-refractivity contribution is 0.0690. The van der Waals surface area contributed by atoms with Crippen molar-refractivity contribution in [2.24, 2.45) is 0 Å². The Morgan fingerprint density at radius 3 is 3.06 bits per heavy atom. The molecule has 2 aromatic heterocycles. The highest BCUT2D eigenvalue weighted by molar-refractivity contribution is 6.31. The number of carboxylic acid groups (broad SMARTS) is 1. The molecule has 8 heteroatoms. The zero-order valence-corrected chi connectivity index (χ0v) is 9.96. The molecule has 0 spiro atoms. The van der Waals surface area contributed by atoms with Crippen LogP contribution < -0.4 is 4.90 Å². The number of aromatic carboxylic acids is 1. The largest absolute Gasteiger partial charge is 0.476 e. The molecule has 0 unspecified atom stereocenters. The minimum Gasteiger partial charge on any atom is -0.476 e. The number of carbonyl (C=O) groups is 1. The van der Waals surface area contributed by atoms with Gasteiger partial charge in [-0.3, -0.25) is 4.68 Å². The summed E-state index contributed by atoms with van der Waals surface area (Å²) in [6, 6.07) is 0.288. The Morgan fingerprint density at radius 1 is 1.50 bits per heavy atom. The van der Waals surface area contributed by atoms with Crippen LogP contribution in [-0.4, -0.2) is 32.4 Å². The molecule has 0 aromatic carbocycles. The summed E-state index contributed by atoms with van der Waals surface area (Å²) in [4.78, 5) is 16.5. The van der Waals surface area contributed by atoms with Crippen molar-refractivity contribution in [1.82, 2.24) is 14.8 Å². The summed E-state index contributed by atoms with van der Waals surface area (Å²) >= 11 is 6.01. The van der Waals surface area contributed by atoms with Gasteiger partial charge >= 0.3 is 5.97 Å². The van der Waals surface area contributed by atoms with Crippen molar-refractivity contribution in [1.29, 1.82) is 0 Å². The summed E-state index contributed by atoms with van der Waals surface area (Å²) in [5, 5.41) is 13.5. The van der Waals surface area contributed by atoms with E-state index in [4.69, 9.17) is 21.1 Å². The molecular formula is C10H9ClN4O3. The average Bonchev–Trinajstić information content (AvgIpc) is 2.96. The van der Waals surface area contributed by atoms with Crippen molar-refractivity contribution >= 4 is 23.6 Å². The third-order valence-electron chi connectivity index (χ3n) is 2.80. The van der Waals surface area contributed by atoms with Crippen LogP contribution in [0.3, 0.4) is 0 Å². The molecule has 0 bridgehead atoms. The quantitative estimate of drug-likeness (QED) is 0.882. The Morgan fingerprint density at radius 2 is 2.33 bits per heavy atom. The van der Waals surface area contributed by atoms with Crippen LogP contribution in [0, 0.1) is 0 Å². The highest BCUT2D eigenvalue weighted by Crippen LogP contribution is 2.24. The summed E-state index contributed by atoms with van der Waals surface area (Å²) in [7, 11) is 0. The first-order valence-electron chi connectivity index (χ1n) is 5.29. The monoisotopic (exact) mass is 268 g/mol. The number of hydrogen-bond acceptors (Lipinski definition) is 5. The molecule has 0 amide bonds. The molecule has 0 aliphatic carbocycles. The van der Waals surface area contributed by atoms with Crippen molar-refractivity contribution in [2.45, 2.75) is 13.1 Å². The predicted octanol–water partition coefficient (Wildman–Crippen LogP) is 1.24. The van der Waals surface area contributed by atoms with E-state index in [2.05, 4.69) is 10.1 Å². The zero-order chi connectivity index (χ0) is 12.7. The van der Waals surface area contributed by atoms with Crippen LogP contribution in [0.15, 0.2) is 16.9 Å². The summed E-state index contributed by atoms with van der Waals surface area (Å²) in [5.41, 5.74) is 0.771. The zero-order valence-electron chi connectivity index (χ0n) is 9.21. The highest BCUT2D eigenvalue weighted by atomic mass is 35.5. The van der Waals surface area contributed by atoms with Crippen LogP contribution >= 0.6 is 11.6 Å². The summed E-state index contributed by atoms with van der Waals surface area (Å²) < 4.78 is 6.98. The van der Waals surface area contributed by atoms with E-state index in [-0.39, 0.29) is 11.7 Å². The number of nitrogens with zero attached hydrogens (tertiary/aromatic N) is 4. The van der Waals surface area contributed by atoms with Crippen molar-refractivity contribution in [3.05, 3.63) is 28.9 Å². The maximum atomic E-state index is 10.7. The van der Waals surface area contributed by atoms with Crippen molar-refractivity contribution < 1.29 is 14.3 Å². The molecule has 3 rings (SSSR count). The van der Waals surface area contributed by atoms with Gasteiger partial charge in [-0.2, -0.15) is 10.1 Å². The van der Waals surface area contributed by atoms with Gasteiger partial charge in [0.15, 0.2) is 5.69 Å². The van der Waals surface area contributed by atoms with Gasteiger partial charge in [-0.15, -0.1) is 0 Å². The predicted molar refractivity (Wildman–Crippen MR) is 61.7 cm³/mol. The Balaban J connectivity index is 1.86. The van der Waals surface area contributed by atoms with Crippen LogP contribution in [0.25, 0.3) is 0 Å². The molecule has 0 fully saturated rings. The number of fused-ring (bicyclic) bond motifs is 1. The van der Waals surface area contributed by atoms with Crippen molar-refractivity contribution in [3.63, 3.8) is 0 Å². The summed E-state index contributed by atoms with van der Waals surface area (Å²) in [6.45, 7) is 1.80. The minimum absolute atomic E-state index is 0.102. The molecule has 1 aliphatic rings. The van der Waals surface area contributed by atoms with E-state index in [0.29, 0.717) is 24.7 Å². The SMILES string of the molecule is O=C(O)c1coc(N2CCn3ncc(Cl)c3C2)n1. The van der Waals surface area contributed by atoms with Gasteiger partial charge in [-0.1, -0.05) is 11.6 Å². The minimum atomic E-state index is -1.11. The lowest BCUT2D eigenvalue weighted by Gasteiger charge is -2.26. The fourth-order valence-electron chi connectivity index (χ4n) is 1.88. The van der Waals surface area contributed by atoms with Gasteiger partial charge in [-0.05, 0) is 0 Å². The molecule has 18 heavy (non-hydrogen) atoms. The van der Waals surface area contributed by atoms with Crippen molar-refractivity contribution in [3.8, 4) is 0 Å². The molecule has 3 heterocycles. The first-order valence-corrected chi connectivity index (χ1v) is 5.67. The molecule has 0 radical (unpaired) electrons. The smallest absolute Gasteiger partial charge is 0.357 e. The van der Waals surface area contributed by atoms with E-state index >= 15 is 0 Å². The molecule has 0 saturated heterocycles. The van der Waals surface area contributed by atoms with Gasteiger partial charge in [0.2, 0.25) is 0 Å². The second-order valence-corrected chi connectivity index (χ2v) is 4.31. The van der Waals surface area contributed by atoms with E-state index in [1.807, 2.05) is 9.58 Å². The fourth-order valence-corrected chi connectivity index (χ4v) is 2.08. The van der Waals surface area contributed by atoms with Crippen LogP contribution in [0.2, 0.25) is 5.02 Å². The number of carboxylic acids is 1. The molecule has 1 N–H and O–H groups in total. The van der Waals surface area contributed by atoms with E-state index in [1.54, 1.807) is 6.20 Å². The van der Waals surface area contributed by atoms with Crippen LogP contribution in [-0.2, 0) is 13.1 Å². The second kappa shape index (κ2) is 4.02. The maximum absolute atomic E-state index is 10.7. The fraction of sp³-hybridized carbons (Fsp3) is 0.300. The van der Waals surface area contributed by atoms with E-state index in [0.717, 1.165) is 12.0 Å². The third kappa shape index (κ3) is 1.72. The molecular weight excluding hydrogens is 260 g/mol. The van der Waals surface area contributed by atoms with Gasteiger partial charge in [-0.25, -0.2) is 4.79 Å². The van der Waals surface area contributed by atoms with E-state index in [9.17, 15) is 4.79 Å². The molecule has 1 aliphatic heterocycles. The van der Waals surface area contributed by atoms with Crippen LogP contribution in [0.4, 0.5) is 6.01 Å². The van der Waals surface area contributed by atoms with Crippen molar-refractivity contribution in [2.75, 3.05) is 11.4 Å². The molecule has 0 saturated carbocycles. The number of halogens is 1. The number of rotatable bonds is 2. The second-order valence-electron chi connectivity index (χ2n) is 3.90. The Hall–Kier alpha value is -2.02. The van der Waals surface area contributed by atoms with Crippen LogP contribution in [0.1, 0.15) is 16.2 Å². The summed E-state index contributed by atoms with van der Waals surface area (Å²) in [5.74, 6) is -1.11. The Bertz CT molecular complexity index is 606. The topological polar surface area (TPSA) is 84.4 Å². The first-order chi connectivity index (χ1) is 8.65. The normalized spacial score (nSPS) is 14.6. The number of anilines is 1. The van der Waals surface area contributed by atoms with Gasteiger partial charge in [0.05, 0.1) is 30.0 Å². The number of aromatic nitrogens is 3. The molecule has 0 atom stereocenters. The standard InChI is InChI=1S/C10H9ClN4O3/c11-6-3-12-15-2-1-14(4-8(6)15)10-13-7(5-18-10)9(16)17/h3,5H,1-2,4H2,(H,16,17). The third-order valence-corrected chi connectivity index (χ3v) is 3.12. The highest BCUT2D eigenvalue weighted by Gasteiger charge is 2.23. The van der Waals surface area contributed by atoms with E-state index < -0.39 is 5.97 Å². The van der Waals surface area contributed by atoms with Gasteiger partial charge in [0.1, 0.15) is 6.26 Å². The molecule has 7 nitrogen and oxygen atoms in total. The number of oxazole rings is 1. The molecule has 94 valence electrons. The van der Waals surface area contributed by atoms with E-state index in [1.165, 1.54) is 0 Å². The van der Waals surface area contributed by atoms with Gasteiger partial charge in [0, 0.05) is 6.54 Å². The number of hydrogen-bond donors (Lipinski definition) is 1. The Labute approximate surface area is 107 Å². The Kier molecular flexibility index (Phi) is 2.48. The van der Waals surface area contributed by atoms with Gasteiger partial charge < -0.3 is 14.4 Å². The first kappa shape index (κ1) is 11.1. The van der Waals surface area contributed by atoms with Crippen LogP contribution in [0.5, 0.6) is 0 Å². The lowest BCUT2D eigenvalue weighted by atomic mass is 10.3.